The molecule has 33 heavy (non-hydrogen) atoms. The Balaban J connectivity index is 0.00000306. The van der Waals surface area contributed by atoms with Gasteiger partial charge in [-0.15, -0.1) is 0 Å². The summed E-state index contributed by atoms with van der Waals surface area (Å²) in [6.07, 6.45) is 1.20. The topological polar surface area (TPSA) is 85.8 Å². The van der Waals surface area contributed by atoms with Crippen molar-refractivity contribution in [3.63, 3.8) is 0 Å². The molecule has 0 saturated carbocycles. The molecular formula is C21H20F3N4NaO3S. The normalized spacial score (nSPS) is 18.5. The number of benzene rings is 1. The van der Waals surface area contributed by atoms with E-state index in [4.69, 9.17) is 0 Å². The van der Waals surface area contributed by atoms with E-state index in [9.17, 15) is 22.0 Å². The Morgan fingerprint density at radius 2 is 1.97 bits per heavy atom. The molecule has 3 aromatic rings. The van der Waals surface area contributed by atoms with Crippen molar-refractivity contribution in [2.24, 2.45) is 0 Å². The van der Waals surface area contributed by atoms with Gasteiger partial charge in [0.25, 0.3) is 0 Å². The van der Waals surface area contributed by atoms with E-state index in [0.717, 1.165) is 10.7 Å². The molecule has 1 aromatic carbocycles. The van der Waals surface area contributed by atoms with Crippen molar-refractivity contribution in [1.29, 1.82) is 0 Å². The monoisotopic (exact) mass is 488 g/mol. The van der Waals surface area contributed by atoms with Gasteiger partial charge in [-0.1, -0.05) is 12.1 Å². The zero-order chi connectivity index (χ0) is 23.2. The molecular weight excluding hydrogens is 468 g/mol. The van der Waals surface area contributed by atoms with E-state index < -0.39 is 45.0 Å². The molecule has 4 rings (SSSR count). The number of sulfonamides is 1. The van der Waals surface area contributed by atoms with Crippen molar-refractivity contribution in [2.75, 3.05) is 11.4 Å². The molecule has 2 atom stereocenters. The molecule has 0 aliphatic carbocycles. The van der Waals surface area contributed by atoms with Gasteiger partial charge in [0.2, 0.25) is 0 Å². The van der Waals surface area contributed by atoms with Crippen molar-refractivity contribution < 1.29 is 55.9 Å². The smallest absolute Gasteiger partial charge is 0.541 e. The Bertz CT molecular complexity index is 1300. The van der Waals surface area contributed by atoms with Gasteiger partial charge >= 0.3 is 29.6 Å². The summed E-state index contributed by atoms with van der Waals surface area (Å²) in [5, 5.41) is 2.98. The number of aromatic nitrogens is 2. The molecule has 2 aromatic heterocycles. The molecule has 1 saturated heterocycles. The number of pyridine rings is 1. The van der Waals surface area contributed by atoms with Crippen LogP contribution in [0, 0.1) is 11.6 Å². The predicted molar refractivity (Wildman–Crippen MR) is 113 cm³/mol. The minimum Gasteiger partial charge on any atom is -0.541 e. The van der Waals surface area contributed by atoms with E-state index in [1.165, 1.54) is 49.2 Å². The van der Waals surface area contributed by atoms with Crippen LogP contribution in [0.2, 0.25) is 0 Å². The molecule has 1 aliphatic heterocycles. The Kier molecular flexibility index (Phi) is 7.47. The van der Waals surface area contributed by atoms with Gasteiger partial charge in [0.05, 0.1) is 33.9 Å². The summed E-state index contributed by atoms with van der Waals surface area (Å²) in [6.45, 7) is 2.61. The molecule has 3 heterocycles. The Labute approximate surface area is 211 Å². The maximum atomic E-state index is 15.6. The molecule has 1 aliphatic rings. The zero-order valence-electron chi connectivity index (χ0n) is 18.2. The van der Waals surface area contributed by atoms with E-state index in [2.05, 4.69) is 9.82 Å². The van der Waals surface area contributed by atoms with Crippen molar-refractivity contribution >= 4 is 27.1 Å². The SMILES string of the molecule is CC(C)S(=O)(=O)[N-]C(=O)c1cnn2ccc(N3C[C@@H](F)C[C@@H]3c3cccc(F)c3)c(F)c12.[Na+]. The fourth-order valence-corrected chi connectivity index (χ4v) is 4.30. The Morgan fingerprint density at radius 3 is 2.64 bits per heavy atom. The van der Waals surface area contributed by atoms with E-state index in [1.54, 1.807) is 6.07 Å². The van der Waals surface area contributed by atoms with Crippen LogP contribution in [0.5, 0.6) is 0 Å². The zero-order valence-corrected chi connectivity index (χ0v) is 21.1. The maximum absolute atomic E-state index is 15.6. The van der Waals surface area contributed by atoms with Crippen molar-refractivity contribution in [1.82, 2.24) is 9.61 Å². The number of fused-ring (bicyclic) bond motifs is 1. The number of anilines is 1. The predicted octanol–water partition coefficient (Wildman–Crippen LogP) is 1.16. The minimum atomic E-state index is -4.07. The molecule has 0 unspecified atom stereocenters. The van der Waals surface area contributed by atoms with Gasteiger partial charge < -0.3 is 14.4 Å². The first-order valence-electron chi connectivity index (χ1n) is 9.91. The van der Waals surface area contributed by atoms with Gasteiger partial charge in [0.15, 0.2) is 5.82 Å². The third-order valence-corrected chi connectivity index (χ3v) is 7.04. The van der Waals surface area contributed by atoms with Crippen LogP contribution >= 0.6 is 0 Å². The van der Waals surface area contributed by atoms with Crippen LogP contribution < -0.4 is 34.5 Å². The second-order valence-corrected chi connectivity index (χ2v) is 10.0. The summed E-state index contributed by atoms with van der Waals surface area (Å²) in [4.78, 5) is 14.0. The molecule has 0 spiro atoms. The first-order valence-corrected chi connectivity index (χ1v) is 11.4. The second kappa shape index (κ2) is 9.65. The van der Waals surface area contributed by atoms with Crippen molar-refractivity contribution in [3.05, 3.63) is 70.2 Å². The van der Waals surface area contributed by atoms with Gasteiger partial charge in [-0.25, -0.2) is 26.1 Å². The van der Waals surface area contributed by atoms with Crippen LogP contribution in [0.25, 0.3) is 10.2 Å². The van der Waals surface area contributed by atoms with Crippen LogP contribution in [0.1, 0.15) is 42.2 Å². The third kappa shape index (κ3) is 4.91. The van der Waals surface area contributed by atoms with Gasteiger partial charge in [-0.05, 0) is 37.6 Å². The molecule has 170 valence electrons. The number of nitrogens with zero attached hydrogens (tertiary/aromatic N) is 4. The summed E-state index contributed by atoms with van der Waals surface area (Å²) < 4.78 is 72.0. The second-order valence-electron chi connectivity index (χ2n) is 7.88. The quantitative estimate of drug-likeness (QED) is 0.504. The number of carbonyl (C=O) groups excluding carboxylic acids is 1. The number of amides is 1. The van der Waals surface area contributed by atoms with Crippen LogP contribution in [0.4, 0.5) is 18.9 Å². The van der Waals surface area contributed by atoms with Crippen molar-refractivity contribution in [3.8, 4) is 0 Å². The summed E-state index contributed by atoms with van der Waals surface area (Å²) >= 11 is 0. The summed E-state index contributed by atoms with van der Waals surface area (Å²) in [7, 11) is -4.07. The fourth-order valence-electron chi connectivity index (χ4n) is 3.76. The largest absolute Gasteiger partial charge is 1.00 e. The Hall–Kier alpha value is -2.08. The van der Waals surface area contributed by atoms with E-state index >= 15 is 4.39 Å². The Morgan fingerprint density at radius 1 is 1.24 bits per heavy atom. The number of alkyl halides is 1. The standard InChI is InChI=1S/C21H21F3N4O3S.Na/c1-12(2)32(30,31)26-21(29)16-10-25-28-7-6-17(19(24)20(16)28)27-11-15(23)9-18(27)13-4-3-5-14(22)8-13;/h3-8,10,12,15,18H,9,11H2,1-2H3,(H,26,29);/q;+1/p-1/t15-,18+;/m0./s1. The minimum absolute atomic E-state index is 0. The van der Waals surface area contributed by atoms with Crippen LogP contribution in [0.3, 0.4) is 0 Å². The van der Waals surface area contributed by atoms with Gasteiger partial charge in [0.1, 0.15) is 17.5 Å². The van der Waals surface area contributed by atoms with Crippen molar-refractivity contribution in [2.45, 2.75) is 37.7 Å². The first-order chi connectivity index (χ1) is 15.1. The number of halogens is 3. The molecule has 0 radical (unpaired) electrons. The summed E-state index contributed by atoms with van der Waals surface area (Å²) in [6, 6.07) is 6.44. The average molecular weight is 488 g/mol. The fraction of sp³-hybridized carbons (Fsp3) is 0.333. The molecule has 7 nitrogen and oxygen atoms in total. The van der Waals surface area contributed by atoms with Crippen LogP contribution in [0.15, 0.2) is 42.7 Å². The molecule has 0 bridgehead atoms. The third-order valence-electron chi connectivity index (χ3n) is 5.43. The average Bonchev–Trinajstić information content (AvgIpc) is 3.32. The van der Waals surface area contributed by atoms with Crippen LogP contribution in [-0.2, 0) is 10.0 Å². The molecule has 12 heteroatoms. The maximum Gasteiger partial charge on any atom is 1.00 e. The first kappa shape index (κ1) is 25.5. The van der Waals surface area contributed by atoms with Gasteiger partial charge in [-0.2, -0.15) is 5.10 Å². The number of rotatable bonds is 5. The van der Waals surface area contributed by atoms with Gasteiger partial charge in [0, 0.05) is 30.0 Å². The molecule has 1 fully saturated rings. The van der Waals surface area contributed by atoms with E-state index in [-0.39, 0.29) is 59.3 Å². The summed E-state index contributed by atoms with van der Waals surface area (Å²) in [5.41, 5.74) is -0.109. The van der Waals surface area contributed by atoms with Gasteiger partial charge in [-0.3, -0.25) is 0 Å². The number of hydrogen-bond donors (Lipinski definition) is 0. The van der Waals surface area contributed by atoms with E-state index in [0.29, 0.717) is 5.56 Å². The molecule has 0 N–H and O–H groups in total. The van der Waals surface area contributed by atoms with Crippen LogP contribution in [-0.4, -0.2) is 41.9 Å². The summed E-state index contributed by atoms with van der Waals surface area (Å²) in [5.74, 6) is -2.51. The number of carbonyl (C=O) groups is 1. The number of hydrogen-bond acceptors (Lipinski definition) is 5. The van der Waals surface area contributed by atoms with E-state index in [1.807, 2.05) is 0 Å². The molecule has 1 amide bonds.